The molecule has 0 bridgehead atoms. The Hall–Kier alpha value is -0.0700. The molecule has 0 aromatic carbocycles. The lowest BCUT2D eigenvalue weighted by Crippen LogP contribution is -2.10. The highest BCUT2D eigenvalue weighted by Gasteiger charge is 2.12. The highest BCUT2D eigenvalue weighted by atomic mass is 35.5. The first kappa shape index (κ1) is 12.9. The predicted molar refractivity (Wildman–Crippen MR) is 54.7 cm³/mol. The molecule has 0 saturated carbocycles. The van der Waals surface area contributed by atoms with Gasteiger partial charge in [0, 0.05) is 11.5 Å². The Balaban J connectivity index is 3.26. The maximum atomic E-state index is 10.2. The van der Waals surface area contributed by atoms with Crippen LogP contribution in [0.3, 0.4) is 0 Å². The van der Waals surface area contributed by atoms with Crippen LogP contribution >= 0.6 is 35.1 Å². The molecular formula is C6H9ClO4S2. The third kappa shape index (κ3) is 8.27. The first-order valence-corrected chi connectivity index (χ1v) is 5.96. The molecule has 0 aromatic heterocycles. The second-order valence-electron chi connectivity index (χ2n) is 1.97. The summed E-state index contributed by atoms with van der Waals surface area (Å²) in [7, 11) is 0. The van der Waals surface area contributed by atoms with E-state index in [2.05, 4.69) is 0 Å². The number of rotatable bonds is 7. The lowest BCUT2D eigenvalue weighted by Gasteiger charge is -2.02. The van der Waals surface area contributed by atoms with Crippen LogP contribution < -0.4 is 0 Å². The van der Waals surface area contributed by atoms with Crippen molar-refractivity contribution in [1.82, 2.24) is 0 Å². The quantitative estimate of drug-likeness (QED) is 0.518. The Bertz CT molecular complexity index is 187. The minimum atomic E-state index is -1.06. The number of carboxylic acids is 2. The maximum absolute atomic E-state index is 10.2. The molecule has 0 aliphatic heterocycles. The third-order valence-corrected chi connectivity index (χ3v) is 3.61. The van der Waals surface area contributed by atoms with Crippen LogP contribution in [0.25, 0.3) is 0 Å². The highest BCUT2D eigenvalue weighted by Crippen LogP contribution is 2.16. The number of hydrogen-bond acceptors (Lipinski definition) is 4. The van der Waals surface area contributed by atoms with Crippen molar-refractivity contribution < 1.29 is 19.8 Å². The zero-order valence-electron chi connectivity index (χ0n) is 6.60. The van der Waals surface area contributed by atoms with Crippen molar-refractivity contribution in [3.63, 3.8) is 0 Å². The fourth-order valence-electron chi connectivity index (χ4n) is 0.441. The fraction of sp³-hybridized carbons (Fsp3) is 0.667. The van der Waals surface area contributed by atoms with E-state index in [9.17, 15) is 9.59 Å². The van der Waals surface area contributed by atoms with Crippen LogP contribution in [0, 0.1) is 0 Å². The number of halogens is 1. The summed E-state index contributed by atoms with van der Waals surface area (Å²) in [6.07, 6.45) is 0. The topological polar surface area (TPSA) is 74.6 Å². The molecule has 0 amide bonds. The van der Waals surface area contributed by atoms with Crippen molar-refractivity contribution in [3.8, 4) is 0 Å². The number of hydrogen-bond donors (Lipinski definition) is 2. The largest absolute Gasteiger partial charge is 0.481 e. The molecule has 0 unspecified atom stereocenters. The first-order valence-electron chi connectivity index (χ1n) is 3.32. The summed E-state index contributed by atoms with van der Waals surface area (Å²) in [6.45, 7) is 0. The van der Waals surface area contributed by atoms with Crippen molar-refractivity contribution in [3.05, 3.63) is 0 Å². The normalized spacial score (nSPS) is 12.4. The van der Waals surface area contributed by atoms with Gasteiger partial charge in [-0.25, -0.2) is 4.79 Å². The van der Waals surface area contributed by atoms with E-state index < -0.39 is 16.6 Å². The lowest BCUT2D eigenvalue weighted by molar-refractivity contribution is -0.135. The van der Waals surface area contributed by atoms with E-state index in [-0.39, 0.29) is 5.75 Å². The molecule has 0 fully saturated rings. The number of alkyl halides is 1. The van der Waals surface area contributed by atoms with Gasteiger partial charge in [-0.2, -0.15) is 0 Å². The summed E-state index contributed by atoms with van der Waals surface area (Å²) in [5.41, 5.74) is 0. The van der Waals surface area contributed by atoms with E-state index in [1.54, 1.807) is 0 Å². The zero-order chi connectivity index (χ0) is 10.3. The van der Waals surface area contributed by atoms with Gasteiger partial charge in [-0.05, 0) is 0 Å². The smallest absolute Gasteiger partial charge is 0.331 e. The van der Waals surface area contributed by atoms with Crippen LogP contribution in [0.2, 0.25) is 0 Å². The van der Waals surface area contributed by atoms with E-state index in [0.717, 1.165) is 11.8 Å². The summed E-state index contributed by atoms with van der Waals surface area (Å²) in [6, 6.07) is 0. The molecule has 2 N–H and O–H groups in total. The van der Waals surface area contributed by atoms with Crippen LogP contribution in [-0.4, -0.2) is 44.1 Å². The predicted octanol–water partition coefficient (Wildman–Crippen LogP) is 1.19. The monoisotopic (exact) mass is 244 g/mol. The second kappa shape index (κ2) is 7.34. The van der Waals surface area contributed by atoms with Gasteiger partial charge in [-0.15, -0.1) is 23.5 Å². The fourth-order valence-corrected chi connectivity index (χ4v) is 2.23. The lowest BCUT2D eigenvalue weighted by atomic mass is 10.8. The molecule has 0 aliphatic carbocycles. The molecule has 0 radical (unpaired) electrons. The van der Waals surface area contributed by atoms with Crippen LogP contribution in [0.15, 0.2) is 0 Å². The molecule has 0 spiro atoms. The molecule has 76 valence electrons. The number of carboxylic acid groups (broad SMARTS) is 2. The van der Waals surface area contributed by atoms with E-state index in [4.69, 9.17) is 21.8 Å². The van der Waals surface area contributed by atoms with Crippen LogP contribution in [-0.2, 0) is 9.59 Å². The zero-order valence-corrected chi connectivity index (χ0v) is 8.99. The van der Waals surface area contributed by atoms with Crippen molar-refractivity contribution in [2.45, 2.75) is 4.71 Å². The van der Waals surface area contributed by atoms with Gasteiger partial charge in [0.2, 0.25) is 0 Å². The standard InChI is InChI=1S/C6H9ClO4S2/c7-5(6(10)11)13-2-1-12-3-4(8)9/h5H,1-3H2,(H,8,9)(H,10,11)/t5-/m1/s1. The molecule has 1 atom stereocenters. The summed E-state index contributed by atoms with van der Waals surface area (Å²) in [5, 5.41) is 16.6. The number of thioether (sulfide) groups is 2. The van der Waals surface area contributed by atoms with Gasteiger partial charge >= 0.3 is 11.9 Å². The van der Waals surface area contributed by atoms with Gasteiger partial charge < -0.3 is 10.2 Å². The van der Waals surface area contributed by atoms with Gasteiger partial charge in [0.15, 0.2) is 4.71 Å². The van der Waals surface area contributed by atoms with Crippen LogP contribution in [0.5, 0.6) is 0 Å². The molecule has 0 aliphatic rings. The van der Waals surface area contributed by atoms with Gasteiger partial charge in [0.1, 0.15) is 0 Å². The average molecular weight is 245 g/mol. The average Bonchev–Trinajstić information content (AvgIpc) is 2.02. The SMILES string of the molecule is O=C(O)CSCCS[C@@H](Cl)C(=O)O. The molecule has 0 heterocycles. The Morgan fingerprint density at radius 3 is 2.38 bits per heavy atom. The first-order chi connectivity index (χ1) is 6.04. The maximum Gasteiger partial charge on any atom is 0.331 e. The van der Waals surface area contributed by atoms with Gasteiger partial charge in [-0.3, -0.25) is 4.79 Å². The molecule has 0 saturated heterocycles. The second-order valence-corrected chi connectivity index (χ2v) is 4.98. The van der Waals surface area contributed by atoms with E-state index >= 15 is 0 Å². The highest BCUT2D eigenvalue weighted by molar-refractivity contribution is 8.04. The molecule has 13 heavy (non-hydrogen) atoms. The van der Waals surface area contributed by atoms with Crippen molar-refractivity contribution in [2.24, 2.45) is 0 Å². The summed E-state index contributed by atoms with van der Waals surface area (Å²) >= 11 is 7.73. The van der Waals surface area contributed by atoms with Crippen molar-refractivity contribution in [2.75, 3.05) is 17.3 Å². The van der Waals surface area contributed by atoms with E-state index in [0.29, 0.717) is 11.5 Å². The molecule has 0 rings (SSSR count). The Kier molecular flexibility index (Phi) is 7.31. The van der Waals surface area contributed by atoms with Crippen molar-refractivity contribution >= 4 is 47.1 Å². The molecule has 0 aromatic rings. The summed E-state index contributed by atoms with van der Waals surface area (Å²) < 4.78 is -0.939. The van der Waals surface area contributed by atoms with Crippen molar-refractivity contribution in [1.29, 1.82) is 0 Å². The van der Waals surface area contributed by atoms with Gasteiger partial charge in [0.25, 0.3) is 0 Å². The summed E-state index contributed by atoms with van der Waals surface area (Å²) in [4.78, 5) is 20.3. The van der Waals surface area contributed by atoms with E-state index in [1.165, 1.54) is 11.8 Å². The third-order valence-electron chi connectivity index (χ3n) is 0.912. The Morgan fingerprint density at radius 1 is 1.31 bits per heavy atom. The van der Waals surface area contributed by atoms with Crippen LogP contribution in [0.1, 0.15) is 0 Å². The summed E-state index contributed by atoms with van der Waals surface area (Å²) in [5.74, 6) is -0.752. The number of aliphatic carboxylic acids is 2. The Morgan fingerprint density at radius 2 is 1.92 bits per heavy atom. The van der Waals surface area contributed by atoms with E-state index in [1.807, 2.05) is 0 Å². The molecular weight excluding hydrogens is 236 g/mol. The van der Waals surface area contributed by atoms with Crippen LogP contribution in [0.4, 0.5) is 0 Å². The molecule has 4 nitrogen and oxygen atoms in total. The number of carbonyl (C=O) groups is 2. The molecule has 7 heteroatoms. The van der Waals surface area contributed by atoms with Gasteiger partial charge in [0.05, 0.1) is 5.75 Å². The van der Waals surface area contributed by atoms with Gasteiger partial charge in [-0.1, -0.05) is 11.6 Å². The Labute approximate surface area is 89.0 Å². The minimum absolute atomic E-state index is 0.0422. The minimum Gasteiger partial charge on any atom is -0.481 e.